The molecule has 0 fully saturated rings. The molecule has 0 spiro atoms. The SMILES string of the molecule is COc1cccc2ccc(C)c(C(=O)O)c12. The van der Waals surface area contributed by atoms with E-state index in [1.165, 1.54) is 0 Å². The van der Waals surface area contributed by atoms with Gasteiger partial charge >= 0.3 is 5.97 Å². The highest BCUT2D eigenvalue weighted by Crippen LogP contribution is 2.30. The number of aryl methyl sites for hydroxylation is 1. The summed E-state index contributed by atoms with van der Waals surface area (Å²) >= 11 is 0. The molecule has 0 aliphatic heterocycles. The van der Waals surface area contributed by atoms with E-state index in [4.69, 9.17) is 4.74 Å². The predicted octanol–water partition coefficient (Wildman–Crippen LogP) is 2.86. The molecule has 3 nitrogen and oxygen atoms in total. The Balaban J connectivity index is 2.94. The molecule has 3 heteroatoms. The van der Waals surface area contributed by atoms with E-state index in [1.54, 1.807) is 20.1 Å². The molecule has 2 aromatic rings. The van der Waals surface area contributed by atoms with Gasteiger partial charge in [-0.05, 0) is 23.9 Å². The highest BCUT2D eigenvalue weighted by Gasteiger charge is 2.15. The van der Waals surface area contributed by atoms with Gasteiger partial charge in [-0.3, -0.25) is 0 Å². The molecule has 1 N–H and O–H groups in total. The van der Waals surface area contributed by atoms with Crippen LogP contribution in [-0.2, 0) is 0 Å². The number of fused-ring (bicyclic) bond motifs is 1. The maximum atomic E-state index is 11.2. The Labute approximate surface area is 93.3 Å². The van der Waals surface area contributed by atoms with Gasteiger partial charge in [0.2, 0.25) is 0 Å². The Morgan fingerprint density at radius 1 is 1.25 bits per heavy atom. The van der Waals surface area contributed by atoms with Crippen LogP contribution in [-0.4, -0.2) is 18.2 Å². The van der Waals surface area contributed by atoms with E-state index in [9.17, 15) is 9.90 Å². The van der Waals surface area contributed by atoms with Gasteiger partial charge in [-0.25, -0.2) is 4.79 Å². The van der Waals surface area contributed by atoms with E-state index < -0.39 is 5.97 Å². The van der Waals surface area contributed by atoms with Crippen molar-refractivity contribution < 1.29 is 14.6 Å². The van der Waals surface area contributed by atoms with Crippen molar-refractivity contribution in [2.45, 2.75) is 6.92 Å². The summed E-state index contributed by atoms with van der Waals surface area (Å²) in [5, 5.41) is 10.8. The monoisotopic (exact) mass is 216 g/mol. The van der Waals surface area contributed by atoms with Crippen LogP contribution >= 0.6 is 0 Å². The number of ether oxygens (including phenoxy) is 1. The molecule has 0 unspecified atom stereocenters. The van der Waals surface area contributed by atoms with E-state index in [0.29, 0.717) is 16.7 Å². The van der Waals surface area contributed by atoms with Crippen molar-refractivity contribution in [1.82, 2.24) is 0 Å². The number of hydrogen-bond donors (Lipinski definition) is 1. The fourth-order valence-corrected chi connectivity index (χ4v) is 1.90. The van der Waals surface area contributed by atoms with E-state index in [0.717, 1.165) is 10.9 Å². The van der Waals surface area contributed by atoms with Crippen LogP contribution in [0.5, 0.6) is 5.75 Å². The number of methoxy groups -OCH3 is 1. The van der Waals surface area contributed by atoms with Gasteiger partial charge < -0.3 is 9.84 Å². The number of benzene rings is 2. The molecule has 0 aromatic heterocycles. The molecular weight excluding hydrogens is 204 g/mol. The topological polar surface area (TPSA) is 46.5 Å². The third-order valence-electron chi connectivity index (χ3n) is 2.65. The first-order valence-corrected chi connectivity index (χ1v) is 4.94. The highest BCUT2D eigenvalue weighted by molar-refractivity contribution is 6.07. The summed E-state index contributed by atoms with van der Waals surface area (Å²) in [5.74, 6) is -0.328. The van der Waals surface area contributed by atoms with Gasteiger partial charge in [0.05, 0.1) is 12.7 Å². The van der Waals surface area contributed by atoms with Gasteiger partial charge in [0.15, 0.2) is 0 Å². The van der Waals surface area contributed by atoms with Crippen molar-refractivity contribution in [3.05, 3.63) is 41.5 Å². The zero-order chi connectivity index (χ0) is 11.7. The molecule has 16 heavy (non-hydrogen) atoms. The van der Waals surface area contributed by atoms with E-state index in [2.05, 4.69) is 0 Å². The van der Waals surface area contributed by atoms with Gasteiger partial charge in [-0.15, -0.1) is 0 Å². The molecule has 0 heterocycles. The van der Waals surface area contributed by atoms with Crippen LogP contribution in [0.2, 0.25) is 0 Å². The van der Waals surface area contributed by atoms with Crippen LogP contribution in [0.3, 0.4) is 0 Å². The van der Waals surface area contributed by atoms with Crippen molar-refractivity contribution in [1.29, 1.82) is 0 Å². The second-order valence-corrected chi connectivity index (χ2v) is 3.62. The van der Waals surface area contributed by atoms with Crippen LogP contribution in [0.25, 0.3) is 10.8 Å². The minimum absolute atomic E-state index is 0.315. The Bertz CT molecular complexity index is 558. The van der Waals surface area contributed by atoms with Crippen molar-refractivity contribution in [2.75, 3.05) is 7.11 Å². The van der Waals surface area contributed by atoms with Gasteiger partial charge in [0.25, 0.3) is 0 Å². The van der Waals surface area contributed by atoms with Gasteiger partial charge in [0.1, 0.15) is 5.75 Å². The largest absolute Gasteiger partial charge is 0.496 e. The van der Waals surface area contributed by atoms with Crippen molar-refractivity contribution in [2.24, 2.45) is 0 Å². The van der Waals surface area contributed by atoms with Gasteiger partial charge in [0, 0.05) is 5.39 Å². The normalized spacial score (nSPS) is 10.4. The maximum absolute atomic E-state index is 11.2. The lowest BCUT2D eigenvalue weighted by molar-refractivity contribution is 0.0698. The van der Waals surface area contributed by atoms with E-state index >= 15 is 0 Å². The number of rotatable bonds is 2. The van der Waals surface area contributed by atoms with Crippen molar-refractivity contribution >= 4 is 16.7 Å². The number of carbonyl (C=O) groups is 1. The lowest BCUT2D eigenvalue weighted by Gasteiger charge is -2.10. The summed E-state index contributed by atoms with van der Waals surface area (Å²) < 4.78 is 5.21. The van der Waals surface area contributed by atoms with Crippen LogP contribution in [0.15, 0.2) is 30.3 Å². The predicted molar refractivity (Wildman–Crippen MR) is 62.2 cm³/mol. The summed E-state index contributed by atoms with van der Waals surface area (Å²) in [7, 11) is 1.54. The van der Waals surface area contributed by atoms with Crippen LogP contribution in [0.1, 0.15) is 15.9 Å². The Morgan fingerprint density at radius 2 is 2.00 bits per heavy atom. The van der Waals surface area contributed by atoms with Crippen LogP contribution in [0, 0.1) is 6.92 Å². The van der Waals surface area contributed by atoms with Crippen LogP contribution in [0.4, 0.5) is 0 Å². The smallest absolute Gasteiger partial charge is 0.336 e. The lowest BCUT2D eigenvalue weighted by atomic mass is 9.99. The molecule has 0 saturated carbocycles. The summed E-state index contributed by atoms with van der Waals surface area (Å²) in [4.78, 5) is 11.2. The summed E-state index contributed by atoms with van der Waals surface area (Å²) in [5.41, 5.74) is 1.06. The second-order valence-electron chi connectivity index (χ2n) is 3.62. The average molecular weight is 216 g/mol. The average Bonchev–Trinajstić information content (AvgIpc) is 2.27. The van der Waals surface area contributed by atoms with E-state index in [1.807, 2.05) is 24.3 Å². The van der Waals surface area contributed by atoms with Crippen LogP contribution < -0.4 is 4.74 Å². The zero-order valence-corrected chi connectivity index (χ0v) is 9.15. The van der Waals surface area contributed by atoms with Crippen molar-refractivity contribution in [3.63, 3.8) is 0 Å². The van der Waals surface area contributed by atoms with Crippen molar-refractivity contribution in [3.8, 4) is 5.75 Å². The summed E-state index contributed by atoms with van der Waals surface area (Å²) in [6.45, 7) is 1.79. The molecule has 0 aliphatic rings. The molecule has 0 atom stereocenters. The summed E-state index contributed by atoms with van der Waals surface area (Å²) in [6.07, 6.45) is 0. The molecule has 0 bridgehead atoms. The Morgan fingerprint density at radius 3 is 2.62 bits per heavy atom. The number of carboxylic acids is 1. The highest BCUT2D eigenvalue weighted by atomic mass is 16.5. The minimum Gasteiger partial charge on any atom is -0.496 e. The Hall–Kier alpha value is -2.03. The number of hydrogen-bond acceptors (Lipinski definition) is 2. The first kappa shape index (κ1) is 10.5. The molecule has 2 rings (SSSR count). The fourth-order valence-electron chi connectivity index (χ4n) is 1.90. The zero-order valence-electron chi connectivity index (χ0n) is 9.15. The lowest BCUT2D eigenvalue weighted by Crippen LogP contribution is -2.02. The van der Waals surface area contributed by atoms with Gasteiger partial charge in [-0.2, -0.15) is 0 Å². The molecule has 0 radical (unpaired) electrons. The van der Waals surface area contributed by atoms with E-state index in [-0.39, 0.29) is 0 Å². The molecule has 0 saturated heterocycles. The minimum atomic E-state index is -0.924. The Kier molecular flexibility index (Phi) is 2.52. The third kappa shape index (κ3) is 1.50. The molecule has 82 valence electrons. The molecule has 0 aliphatic carbocycles. The first-order chi connectivity index (χ1) is 7.65. The maximum Gasteiger partial charge on any atom is 0.336 e. The second kappa shape index (κ2) is 3.85. The first-order valence-electron chi connectivity index (χ1n) is 4.94. The molecule has 2 aromatic carbocycles. The molecular formula is C13H12O3. The number of carboxylic acid groups (broad SMARTS) is 1. The number of aromatic carboxylic acids is 1. The summed E-state index contributed by atoms with van der Waals surface area (Å²) in [6, 6.07) is 9.21. The quantitative estimate of drug-likeness (QED) is 0.839. The van der Waals surface area contributed by atoms with Gasteiger partial charge in [-0.1, -0.05) is 24.3 Å². The fraction of sp³-hybridized carbons (Fsp3) is 0.154. The standard InChI is InChI=1S/C13H12O3/c1-8-6-7-9-4-3-5-10(16-2)12(9)11(8)13(14)15/h3-7H,1-2H3,(H,14,15). The third-order valence-corrected chi connectivity index (χ3v) is 2.65. The molecule has 0 amide bonds.